The molecule has 2 aliphatic rings. The van der Waals surface area contributed by atoms with Gasteiger partial charge in [0.2, 0.25) is 0 Å². The third-order valence-corrected chi connectivity index (χ3v) is 3.54. The molecule has 2 fully saturated rings. The molecule has 19 heavy (non-hydrogen) atoms. The van der Waals surface area contributed by atoms with Crippen molar-refractivity contribution in [2.75, 3.05) is 45.8 Å². The van der Waals surface area contributed by atoms with Gasteiger partial charge >= 0.3 is 12.1 Å². The van der Waals surface area contributed by atoms with Gasteiger partial charge in [-0.1, -0.05) is 0 Å². The second kappa shape index (κ2) is 6.72. The van der Waals surface area contributed by atoms with Crippen molar-refractivity contribution in [1.29, 1.82) is 0 Å². The van der Waals surface area contributed by atoms with Gasteiger partial charge in [0.1, 0.15) is 6.10 Å². The number of carbonyl (C=O) groups excluding carboxylic acids is 1. The summed E-state index contributed by atoms with van der Waals surface area (Å²) in [5, 5.41) is 11.2. The molecular formula is C12H21N3O4. The number of alkyl carbamates (subject to hydrolysis) is 1. The highest BCUT2D eigenvalue weighted by Gasteiger charge is 2.26. The lowest BCUT2D eigenvalue weighted by atomic mass is 10.2. The average molecular weight is 271 g/mol. The Bertz CT molecular complexity index is 329. The van der Waals surface area contributed by atoms with E-state index in [0.29, 0.717) is 13.0 Å². The zero-order chi connectivity index (χ0) is 13.7. The van der Waals surface area contributed by atoms with Gasteiger partial charge in [-0.05, 0) is 13.0 Å². The smallest absolute Gasteiger partial charge is 0.407 e. The highest BCUT2D eigenvalue weighted by atomic mass is 16.6. The van der Waals surface area contributed by atoms with Crippen LogP contribution < -0.4 is 5.32 Å². The van der Waals surface area contributed by atoms with Gasteiger partial charge in [-0.2, -0.15) is 0 Å². The molecule has 1 amide bonds. The average Bonchev–Trinajstić information content (AvgIpc) is 2.77. The quantitative estimate of drug-likeness (QED) is 0.682. The molecule has 2 heterocycles. The van der Waals surface area contributed by atoms with Gasteiger partial charge in [0.05, 0.1) is 6.54 Å². The minimum absolute atomic E-state index is 0.0361. The van der Waals surface area contributed by atoms with Gasteiger partial charge in [-0.25, -0.2) is 4.79 Å². The lowest BCUT2D eigenvalue weighted by molar-refractivity contribution is -0.137. The Hall–Kier alpha value is -1.34. The molecule has 7 nitrogen and oxygen atoms in total. The molecular weight excluding hydrogens is 250 g/mol. The van der Waals surface area contributed by atoms with Crippen molar-refractivity contribution in [3.05, 3.63) is 0 Å². The van der Waals surface area contributed by atoms with Crippen LogP contribution in [0.3, 0.4) is 0 Å². The minimum atomic E-state index is -0.728. The highest BCUT2D eigenvalue weighted by Crippen LogP contribution is 2.07. The molecule has 1 unspecified atom stereocenters. The number of ether oxygens (including phenoxy) is 1. The molecule has 0 aromatic heterocycles. The molecule has 2 N–H and O–H groups in total. The number of rotatable bonds is 6. The fourth-order valence-electron chi connectivity index (χ4n) is 2.47. The fourth-order valence-corrected chi connectivity index (χ4v) is 2.47. The van der Waals surface area contributed by atoms with Crippen LogP contribution in [0.5, 0.6) is 0 Å². The zero-order valence-electron chi connectivity index (χ0n) is 11.0. The predicted octanol–water partition coefficient (Wildman–Crippen LogP) is -0.423. The molecule has 0 aromatic carbocycles. The summed E-state index contributed by atoms with van der Waals surface area (Å²) in [5.74, 6) is -0.728. The predicted molar refractivity (Wildman–Crippen MR) is 68.0 cm³/mol. The first kappa shape index (κ1) is 14.1. The van der Waals surface area contributed by atoms with Crippen LogP contribution in [-0.4, -0.2) is 78.9 Å². The second-order valence-corrected chi connectivity index (χ2v) is 5.05. The summed E-state index contributed by atoms with van der Waals surface area (Å²) in [6.45, 7) is 6.02. The summed E-state index contributed by atoms with van der Waals surface area (Å²) in [6, 6.07) is 0. The first-order valence-electron chi connectivity index (χ1n) is 6.74. The van der Waals surface area contributed by atoms with Crippen LogP contribution in [0.4, 0.5) is 4.79 Å². The number of nitrogens with zero attached hydrogens (tertiary/aromatic N) is 2. The van der Waals surface area contributed by atoms with E-state index in [0.717, 1.165) is 39.3 Å². The van der Waals surface area contributed by atoms with Crippen molar-refractivity contribution in [3.63, 3.8) is 0 Å². The van der Waals surface area contributed by atoms with E-state index in [1.165, 1.54) is 0 Å². The van der Waals surface area contributed by atoms with E-state index in [9.17, 15) is 9.59 Å². The molecule has 0 radical (unpaired) electrons. The summed E-state index contributed by atoms with van der Waals surface area (Å²) in [7, 11) is 0. The van der Waals surface area contributed by atoms with E-state index < -0.39 is 5.97 Å². The van der Waals surface area contributed by atoms with Crippen molar-refractivity contribution >= 4 is 12.1 Å². The van der Waals surface area contributed by atoms with Crippen LogP contribution in [0.2, 0.25) is 0 Å². The van der Waals surface area contributed by atoms with E-state index in [4.69, 9.17) is 9.84 Å². The van der Waals surface area contributed by atoms with E-state index >= 15 is 0 Å². The molecule has 0 saturated carbocycles. The lowest BCUT2D eigenvalue weighted by Gasteiger charge is -2.35. The maximum Gasteiger partial charge on any atom is 0.407 e. The molecule has 7 heteroatoms. The normalized spacial score (nSPS) is 25.1. The summed E-state index contributed by atoms with van der Waals surface area (Å²) in [6.07, 6.45) is 0.590. The second-order valence-electron chi connectivity index (χ2n) is 5.05. The summed E-state index contributed by atoms with van der Waals surface area (Å²) < 4.78 is 5.11. The standard InChI is InChI=1S/C12H21N3O4/c16-11(17)2-1-3-14-4-6-15(7-5-14)9-10-8-13-12(18)19-10/h10H,1-9H2,(H,13,18)(H,16,17). The number of amides is 1. The third kappa shape index (κ3) is 4.68. The topological polar surface area (TPSA) is 82.1 Å². The van der Waals surface area contributed by atoms with Crippen molar-refractivity contribution in [2.24, 2.45) is 0 Å². The van der Waals surface area contributed by atoms with Crippen molar-refractivity contribution in [1.82, 2.24) is 15.1 Å². The Kier molecular flexibility index (Phi) is 4.98. The molecule has 0 spiro atoms. The first-order valence-corrected chi connectivity index (χ1v) is 6.74. The number of nitrogens with one attached hydrogen (secondary N) is 1. The number of hydrogen-bond acceptors (Lipinski definition) is 5. The number of piperazine rings is 1. The van der Waals surface area contributed by atoms with Crippen LogP contribution >= 0.6 is 0 Å². The summed E-state index contributed by atoms with van der Waals surface area (Å²) in [4.78, 5) is 25.9. The van der Waals surface area contributed by atoms with Crippen molar-refractivity contribution in [3.8, 4) is 0 Å². The molecule has 2 rings (SSSR count). The Balaban J connectivity index is 1.59. The van der Waals surface area contributed by atoms with Crippen molar-refractivity contribution < 1.29 is 19.4 Å². The number of hydrogen-bond donors (Lipinski definition) is 2. The molecule has 1 atom stereocenters. The molecule has 0 aliphatic carbocycles. The first-order chi connectivity index (χ1) is 9.13. The van der Waals surface area contributed by atoms with E-state index in [2.05, 4.69) is 15.1 Å². The summed E-state index contributed by atoms with van der Waals surface area (Å²) in [5.41, 5.74) is 0. The van der Waals surface area contributed by atoms with Gasteiger partial charge in [-0.3, -0.25) is 9.69 Å². The Morgan fingerprint density at radius 1 is 1.32 bits per heavy atom. The van der Waals surface area contributed by atoms with Gasteiger partial charge in [0, 0.05) is 39.1 Å². The van der Waals surface area contributed by atoms with Crippen LogP contribution in [-0.2, 0) is 9.53 Å². The number of carboxylic acids is 1. The largest absolute Gasteiger partial charge is 0.481 e. The van der Waals surface area contributed by atoms with E-state index in [-0.39, 0.29) is 18.6 Å². The fraction of sp³-hybridized carbons (Fsp3) is 0.833. The maximum atomic E-state index is 10.9. The number of carboxylic acid groups (broad SMARTS) is 1. The molecule has 2 aliphatic heterocycles. The van der Waals surface area contributed by atoms with Crippen LogP contribution in [0.1, 0.15) is 12.8 Å². The van der Waals surface area contributed by atoms with E-state index in [1.54, 1.807) is 0 Å². The zero-order valence-corrected chi connectivity index (χ0v) is 11.0. The van der Waals surface area contributed by atoms with Gasteiger partial charge in [0.25, 0.3) is 0 Å². The lowest BCUT2D eigenvalue weighted by Crippen LogP contribution is -2.49. The monoisotopic (exact) mass is 271 g/mol. The van der Waals surface area contributed by atoms with Gasteiger partial charge < -0.3 is 20.1 Å². The number of carbonyl (C=O) groups is 2. The van der Waals surface area contributed by atoms with E-state index in [1.807, 2.05) is 0 Å². The Morgan fingerprint density at radius 2 is 2.00 bits per heavy atom. The minimum Gasteiger partial charge on any atom is -0.481 e. The Labute approximate surface area is 112 Å². The SMILES string of the molecule is O=C(O)CCCN1CCN(CC2CNC(=O)O2)CC1. The van der Waals surface area contributed by atoms with Gasteiger partial charge in [0.15, 0.2) is 0 Å². The summed E-state index contributed by atoms with van der Waals surface area (Å²) >= 11 is 0. The van der Waals surface area contributed by atoms with Crippen LogP contribution in [0, 0.1) is 0 Å². The van der Waals surface area contributed by atoms with Crippen LogP contribution in [0.15, 0.2) is 0 Å². The molecule has 108 valence electrons. The number of aliphatic carboxylic acids is 1. The number of cyclic esters (lactones) is 1. The molecule has 0 bridgehead atoms. The third-order valence-electron chi connectivity index (χ3n) is 3.54. The molecule has 2 saturated heterocycles. The van der Waals surface area contributed by atoms with Crippen molar-refractivity contribution in [2.45, 2.75) is 18.9 Å². The Morgan fingerprint density at radius 3 is 2.58 bits per heavy atom. The highest BCUT2D eigenvalue weighted by molar-refractivity contribution is 5.69. The van der Waals surface area contributed by atoms with Crippen LogP contribution in [0.25, 0.3) is 0 Å². The van der Waals surface area contributed by atoms with Gasteiger partial charge in [-0.15, -0.1) is 0 Å². The maximum absolute atomic E-state index is 10.9. The molecule has 0 aromatic rings.